The van der Waals surface area contributed by atoms with E-state index in [1.807, 2.05) is 0 Å². The molecule has 7 heteroatoms. The lowest BCUT2D eigenvalue weighted by Crippen LogP contribution is -2.46. The molecule has 0 aliphatic rings. The molecule has 0 aliphatic carbocycles. The summed E-state index contributed by atoms with van der Waals surface area (Å²) in [7, 11) is 0. The van der Waals surface area contributed by atoms with Crippen LogP contribution in [0.3, 0.4) is 0 Å². The molecule has 7 nitrogen and oxygen atoms in total. The van der Waals surface area contributed by atoms with Crippen molar-refractivity contribution in [3.63, 3.8) is 0 Å². The van der Waals surface area contributed by atoms with Crippen LogP contribution < -0.4 is 16.0 Å². The van der Waals surface area contributed by atoms with E-state index in [9.17, 15) is 9.59 Å². The highest BCUT2D eigenvalue weighted by Crippen LogP contribution is 2.24. The summed E-state index contributed by atoms with van der Waals surface area (Å²) in [4.78, 5) is 33.3. The minimum Gasteiger partial charge on any atom is -0.397 e. The maximum absolute atomic E-state index is 13.0. The normalized spacial score (nSPS) is 10.7. The second-order valence-electron chi connectivity index (χ2n) is 6.43. The molecule has 0 atom stereocenters. The molecule has 2 aromatic rings. The van der Waals surface area contributed by atoms with Crippen LogP contribution in [0.2, 0.25) is 0 Å². The number of imide groups is 1. The van der Waals surface area contributed by atoms with E-state index in [1.165, 1.54) is 6.20 Å². The van der Waals surface area contributed by atoms with Crippen LogP contribution in [-0.4, -0.2) is 48.0 Å². The Labute approximate surface area is 166 Å². The van der Waals surface area contributed by atoms with Gasteiger partial charge in [-0.1, -0.05) is 38.5 Å². The van der Waals surface area contributed by atoms with E-state index in [4.69, 9.17) is 5.73 Å². The number of amides is 3. The van der Waals surface area contributed by atoms with Gasteiger partial charge in [0.05, 0.1) is 11.4 Å². The number of rotatable bonds is 9. The second kappa shape index (κ2) is 11.0. The number of carbonyl (C=O) groups excluding carboxylic acids is 2. The van der Waals surface area contributed by atoms with Gasteiger partial charge in [-0.2, -0.15) is 0 Å². The van der Waals surface area contributed by atoms with Gasteiger partial charge in [0.25, 0.3) is 5.91 Å². The van der Waals surface area contributed by atoms with Crippen LogP contribution >= 0.6 is 0 Å². The number of urea groups is 1. The Hall–Kier alpha value is -2.93. The lowest BCUT2D eigenvalue weighted by Gasteiger charge is -2.24. The van der Waals surface area contributed by atoms with Crippen LogP contribution in [0.1, 0.15) is 37.2 Å². The van der Waals surface area contributed by atoms with E-state index in [0.717, 1.165) is 37.4 Å². The van der Waals surface area contributed by atoms with Crippen molar-refractivity contribution in [2.24, 2.45) is 0 Å². The number of hydrogen-bond acceptors (Lipinski definition) is 5. The van der Waals surface area contributed by atoms with Crippen LogP contribution in [0.4, 0.5) is 16.2 Å². The quantitative estimate of drug-likeness (QED) is 0.649. The first kappa shape index (κ1) is 21.4. The van der Waals surface area contributed by atoms with Gasteiger partial charge in [-0.05, 0) is 43.8 Å². The fourth-order valence-corrected chi connectivity index (χ4v) is 2.82. The van der Waals surface area contributed by atoms with E-state index in [0.29, 0.717) is 17.9 Å². The molecular formula is C21H29N5O2. The van der Waals surface area contributed by atoms with Gasteiger partial charge < -0.3 is 16.0 Å². The van der Waals surface area contributed by atoms with Crippen LogP contribution in [0.25, 0.3) is 0 Å². The number of anilines is 2. The Kier molecular flexibility index (Phi) is 8.42. The third kappa shape index (κ3) is 5.79. The molecular weight excluding hydrogens is 354 g/mol. The smallest absolute Gasteiger partial charge is 0.329 e. The molecule has 0 radical (unpaired) electrons. The topological polar surface area (TPSA) is 91.6 Å². The van der Waals surface area contributed by atoms with Crippen molar-refractivity contribution in [2.75, 3.05) is 36.8 Å². The van der Waals surface area contributed by atoms with E-state index in [-0.39, 0.29) is 5.69 Å². The zero-order valence-corrected chi connectivity index (χ0v) is 16.6. The zero-order chi connectivity index (χ0) is 20.4. The van der Waals surface area contributed by atoms with Crippen molar-refractivity contribution < 1.29 is 9.59 Å². The maximum Gasteiger partial charge on any atom is 0.329 e. The first-order valence-corrected chi connectivity index (χ1v) is 9.68. The number of benzene rings is 1. The summed E-state index contributed by atoms with van der Waals surface area (Å²) in [5.74, 6) is -0.519. The number of nitrogens with one attached hydrogen (secondary N) is 1. The average molecular weight is 383 g/mol. The molecule has 3 N–H and O–H groups in total. The highest BCUT2D eigenvalue weighted by Gasteiger charge is 2.27. The molecule has 0 spiro atoms. The van der Waals surface area contributed by atoms with E-state index in [2.05, 4.69) is 29.0 Å². The second-order valence-corrected chi connectivity index (χ2v) is 6.43. The van der Waals surface area contributed by atoms with Crippen molar-refractivity contribution in [2.45, 2.75) is 26.7 Å². The standard InChI is InChI=1S/C21H29N5O2/c1-3-5-15-25(4-2)16-14-24-21(28)26(19-12-7-6-10-17(19)22)20(27)18-11-8-9-13-23-18/h6-13H,3-5,14-16,22H2,1-2H3,(H,24,28). The Balaban J connectivity index is 2.14. The number of nitrogen functional groups attached to an aromatic ring is 1. The average Bonchev–Trinajstić information content (AvgIpc) is 2.72. The van der Waals surface area contributed by atoms with Crippen molar-refractivity contribution in [1.82, 2.24) is 15.2 Å². The SMILES string of the molecule is CCCCN(CC)CCNC(=O)N(C(=O)c1ccccn1)c1ccccc1N. The number of carbonyl (C=O) groups is 2. The summed E-state index contributed by atoms with van der Waals surface area (Å²) in [6, 6.07) is 11.3. The van der Waals surface area contributed by atoms with Crippen molar-refractivity contribution >= 4 is 23.3 Å². The van der Waals surface area contributed by atoms with Crippen LogP contribution in [0, 0.1) is 0 Å². The molecule has 1 aromatic carbocycles. The van der Waals surface area contributed by atoms with Gasteiger partial charge in [-0.25, -0.2) is 9.69 Å². The largest absolute Gasteiger partial charge is 0.397 e. The van der Waals surface area contributed by atoms with Gasteiger partial charge in [-0.15, -0.1) is 0 Å². The number of pyridine rings is 1. The van der Waals surface area contributed by atoms with E-state index in [1.54, 1.807) is 42.5 Å². The number of nitrogens with zero attached hydrogens (tertiary/aromatic N) is 3. The number of hydrogen-bond donors (Lipinski definition) is 2. The maximum atomic E-state index is 13.0. The molecule has 0 fully saturated rings. The molecule has 1 aromatic heterocycles. The Morgan fingerprint density at radius 1 is 1.07 bits per heavy atom. The van der Waals surface area contributed by atoms with E-state index < -0.39 is 11.9 Å². The number of likely N-dealkylation sites (N-methyl/N-ethyl adjacent to an activating group) is 1. The monoisotopic (exact) mass is 383 g/mol. The van der Waals surface area contributed by atoms with Crippen LogP contribution in [0.15, 0.2) is 48.7 Å². The molecule has 0 aliphatic heterocycles. The first-order chi connectivity index (χ1) is 13.6. The molecule has 0 unspecified atom stereocenters. The molecule has 3 amide bonds. The van der Waals surface area contributed by atoms with Gasteiger partial charge in [0.2, 0.25) is 0 Å². The van der Waals surface area contributed by atoms with Crippen molar-refractivity contribution in [3.05, 3.63) is 54.4 Å². The highest BCUT2D eigenvalue weighted by molar-refractivity contribution is 6.21. The summed E-state index contributed by atoms with van der Waals surface area (Å²) >= 11 is 0. The lowest BCUT2D eigenvalue weighted by atomic mass is 10.2. The molecule has 2 rings (SSSR count). The van der Waals surface area contributed by atoms with Crippen LogP contribution in [-0.2, 0) is 0 Å². The fourth-order valence-electron chi connectivity index (χ4n) is 2.82. The molecule has 0 saturated carbocycles. The summed E-state index contributed by atoms with van der Waals surface area (Å²) in [6.45, 7) is 7.32. The Bertz CT molecular complexity index is 766. The predicted molar refractivity (Wildman–Crippen MR) is 112 cm³/mol. The highest BCUT2D eigenvalue weighted by atomic mass is 16.2. The van der Waals surface area contributed by atoms with Gasteiger partial charge >= 0.3 is 6.03 Å². The van der Waals surface area contributed by atoms with Gasteiger partial charge in [0.15, 0.2) is 0 Å². The van der Waals surface area contributed by atoms with E-state index >= 15 is 0 Å². The molecule has 0 bridgehead atoms. The summed E-state index contributed by atoms with van der Waals surface area (Å²) < 4.78 is 0. The number of unbranched alkanes of at least 4 members (excludes halogenated alkanes) is 1. The third-order valence-electron chi connectivity index (χ3n) is 4.45. The fraction of sp³-hybridized carbons (Fsp3) is 0.381. The molecule has 1 heterocycles. The van der Waals surface area contributed by atoms with Gasteiger partial charge in [-0.3, -0.25) is 9.78 Å². The third-order valence-corrected chi connectivity index (χ3v) is 4.45. The minimum absolute atomic E-state index is 0.180. The van der Waals surface area contributed by atoms with Crippen LogP contribution in [0.5, 0.6) is 0 Å². The lowest BCUT2D eigenvalue weighted by molar-refractivity contribution is 0.0989. The van der Waals surface area contributed by atoms with Gasteiger partial charge in [0, 0.05) is 19.3 Å². The summed E-state index contributed by atoms with van der Waals surface area (Å²) in [5, 5.41) is 2.84. The first-order valence-electron chi connectivity index (χ1n) is 9.68. The molecule has 28 heavy (non-hydrogen) atoms. The van der Waals surface area contributed by atoms with Crippen molar-refractivity contribution in [3.8, 4) is 0 Å². The molecule has 0 saturated heterocycles. The number of aromatic nitrogens is 1. The molecule has 150 valence electrons. The van der Waals surface area contributed by atoms with Crippen molar-refractivity contribution in [1.29, 1.82) is 0 Å². The Morgan fingerprint density at radius 3 is 2.46 bits per heavy atom. The number of nitrogens with two attached hydrogens (primary N) is 1. The zero-order valence-electron chi connectivity index (χ0n) is 16.6. The number of para-hydroxylation sites is 2. The Morgan fingerprint density at radius 2 is 1.82 bits per heavy atom. The minimum atomic E-state index is -0.519. The van der Waals surface area contributed by atoms with Gasteiger partial charge in [0.1, 0.15) is 5.69 Å². The summed E-state index contributed by atoms with van der Waals surface area (Å²) in [5.41, 5.74) is 6.89. The predicted octanol–water partition coefficient (Wildman–Crippen LogP) is 3.14. The summed E-state index contributed by atoms with van der Waals surface area (Å²) in [6.07, 6.45) is 3.76.